The first-order valence-corrected chi connectivity index (χ1v) is 12.4. The number of carbonyl (C=O) groups is 2. The number of benzene rings is 1. The standard InChI is InChI=1S/C25H22ClN5O2S2/c1-14-8-9-35-20(14)22(32)29-12-16-6-7-17(11-19(16)26)31-24(34)30(23(33)25(31,3)4)18-10-15(2)21(27-5)28-13-18/h6-11,13H,12H2,1-4H3,(H,29,32). The van der Waals surface area contributed by atoms with E-state index in [0.29, 0.717) is 32.0 Å². The number of pyridine rings is 1. The summed E-state index contributed by atoms with van der Waals surface area (Å²) in [6, 6.07) is 9.04. The zero-order valence-corrected chi connectivity index (χ0v) is 21.9. The smallest absolute Gasteiger partial charge is 0.272 e. The number of aryl methyl sites for hydroxylation is 2. The molecular weight excluding hydrogens is 502 g/mol. The maximum Gasteiger partial charge on any atom is 0.272 e. The summed E-state index contributed by atoms with van der Waals surface area (Å²) in [6.07, 6.45) is 1.48. The molecule has 1 saturated heterocycles. The van der Waals surface area contributed by atoms with E-state index < -0.39 is 5.54 Å². The van der Waals surface area contributed by atoms with E-state index in [1.165, 1.54) is 22.4 Å². The lowest BCUT2D eigenvalue weighted by molar-refractivity contribution is -0.120. The summed E-state index contributed by atoms with van der Waals surface area (Å²) in [7, 11) is 0. The number of nitrogens with one attached hydrogen (secondary N) is 1. The zero-order chi connectivity index (χ0) is 25.5. The Kier molecular flexibility index (Phi) is 6.64. The van der Waals surface area contributed by atoms with Gasteiger partial charge < -0.3 is 15.1 Å². The lowest BCUT2D eigenvalue weighted by Crippen LogP contribution is -2.44. The first-order chi connectivity index (χ1) is 16.6. The third-order valence-electron chi connectivity index (χ3n) is 5.87. The van der Waals surface area contributed by atoms with Gasteiger partial charge in [-0.1, -0.05) is 24.2 Å². The van der Waals surface area contributed by atoms with Crippen LogP contribution in [0.5, 0.6) is 0 Å². The van der Waals surface area contributed by atoms with E-state index in [4.69, 9.17) is 30.4 Å². The maximum absolute atomic E-state index is 13.4. The second-order valence-corrected chi connectivity index (χ2v) is 10.3. The SMILES string of the molecule is [C-]#[N+]c1ncc(N2C(=O)C(C)(C)N(c3ccc(CNC(=O)c4sccc4C)c(Cl)c3)C2=S)cc1C. The monoisotopic (exact) mass is 523 g/mol. The van der Waals surface area contributed by atoms with Gasteiger partial charge in [-0.3, -0.25) is 14.5 Å². The predicted octanol–water partition coefficient (Wildman–Crippen LogP) is 5.81. The molecule has 3 aromatic rings. The number of halogens is 1. The van der Waals surface area contributed by atoms with Gasteiger partial charge in [0, 0.05) is 17.3 Å². The number of carbonyl (C=O) groups excluding carboxylic acids is 2. The van der Waals surface area contributed by atoms with Gasteiger partial charge in [-0.25, -0.2) is 0 Å². The third kappa shape index (κ3) is 4.41. The van der Waals surface area contributed by atoms with E-state index in [9.17, 15) is 9.59 Å². The topological polar surface area (TPSA) is 69.9 Å². The number of hydrogen-bond donors (Lipinski definition) is 1. The van der Waals surface area contributed by atoms with Gasteiger partial charge in [0.2, 0.25) is 0 Å². The fraction of sp³-hybridized carbons (Fsp3) is 0.240. The molecule has 1 fully saturated rings. The van der Waals surface area contributed by atoms with Crippen LogP contribution in [0.3, 0.4) is 0 Å². The maximum atomic E-state index is 13.4. The fourth-order valence-electron chi connectivity index (χ4n) is 3.93. The van der Waals surface area contributed by atoms with Crippen molar-refractivity contribution >= 4 is 69.3 Å². The van der Waals surface area contributed by atoms with Crippen molar-refractivity contribution in [1.29, 1.82) is 0 Å². The Balaban J connectivity index is 1.59. The van der Waals surface area contributed by atoms with Crippen LogP contribution in [0.4, 0.5) is 17.2 Å². The minimum atomic E-state index is -0.973. The van der Waals surface area contributed by atoms with Crippen LogP contribution in [0.25, 0.3) is 4.85 Å². The number of anilines is 2. The Morgan fingerprint density at radius 3 is 2.57 bits per heavy atom. The lowest BCUT2D eigenvalue weighted by Gasteiger charge is -2.29. The molecule has 1 aromatic carbocycles. The van der Waals surface area contributed by atoms with Gasteiger partial charge in [0.1, 0.15) is 11.7 Å². The second-order valence-electron chi connectivity index (χ2n) is 8.65. The van der Waals surface area contributed by atoms with Gasteiger partial charge in [-0.05, 0) is 86.2 Å². The van der Waals surface area contributed by atoms with Crippen molar-refractivity contribution in [3.8, 4) is 0 Å². The summed E-state index contributed by atoms with van der Waals surface area (Å²) in [5.74, 6) is -0.0713. The molecule has 0 bridgehead atoms. The Bertz CT molecular complexity index is 1410. The fourth-order valence-corrected chi connectivity index (χ4v) is 5.53. The molecule has 10 heteroatoms. The highest BCUT2D eigenvalue weighted by atomic mass is 35.5. The molecule has 178 valence electrons. The molecule has 0 atom stereocenters. The molecule has 0 spiro atoms. The summed E-state index contributed by atoms with van der Waals surface area (Å²) >= 11 is 13.7. The van der Waals surface area contributed by atoms with E-state index in [-0.39, 0.29) is 24.2 Å². The molecule has 0 saturated carbocycles. The number of hydrogen-bond acceptors (Lipinski definition) is 5. The Morgan fingerprint density at radius 1 is 1.23 bits per heavy atom. The van der Waals surface area contributed by atoms with Gasteiger partial charge in [-0.2, -0.15) is 0 Å². The number of thiophene rings is 1. The highest BCUT2D eigenvalue weighted by molar-refractivity contribution is 7.81. The third-order valence-corrected chi connectivity index (χ3v) is 7.60. The Hall–Kier alpha value is -3.32. The van der Waals surface area contributed by atoms with Gasteiger partial charge >= 0.3 is 0 Å². The van der Waals surface area contributed by atoms with Crippen LogP contribution >= 0.6 is 35.2 Å². The minimum Gasteiger partial charge on any atom is -0.360 e. The van der Waals surface area contributed by atoms with E-state index in [1.807, 2.05) is 30.5 Å². The summed E-state index contributed by atoms with van der Waals surface area (Å²) in [5.41, 5.74) is 2.54. The molecule has 3 heterocycles. The molecule has 2 aromatic heterocycles. The summed E-state index contributed by atoms with van der Waals surface area (Å²) < 4.78 is 0. The van der Waals surface area contributed by atoms with E-state index in [2.05, 4.69) is 15.1 Å². The van der Waals surface area contributed by atoms with Crippen LogP contribution in [0.2, 0.25) is 5.02 Å². The van der Waals surface area contributed by atoms with Gasteiger partial charge in [0.25, 0.3) is 17.6 Å². The summed E-state index contributed by atoms with van der Waals surface area (Å²) in [6.45, 7) is 14.7. The number of nitrogens with zero attached hydrogens (tertiary/aromatic N) is 4. The zero-order valence-electron chi connectivity index (χ0n) is 19.5. The summed E-state index contributed by atoms with van der Waals surface area (Å²) in [5, 5.41) is 5.53. The average Bonchev–Trinajstić information content (AvgIpc) is 3.31. The van der Waals surface area contributed by atoms with E-state index in [1.54, 1.807) is 37.8 Å². The van der Waals surface area contributed by atoms with Crippen LogP contribution in [0.15, 0.2) is 41.9 Å². The van der Waals surface area contributed by atoms with Crippen LogP contribution < -0.4 is 15.1 Å². The van der Waals surface area contributed by atoms with E-state index in [0.717, 1.165) is 11.1 Å². The normalized spacial score (nSPS) is 14.9. The van der Waals surface area contributed by atoms with Crippen molar-refractivity contribution in [2.75, 3.05) is 9.80 Å². The average molecular weight is 524 g/mol. The highest BCUT2D eigenvalue weighted by Gasteiger charge is 2.50. The first kappa shape index (κ1) is 24.8. The molecule has 7 nitrogen and oxygen atoms in total. The van der Waals surface area contributed by atoms with Crippen LogP contribution in [-0.2, 0) is 11.3 Å². The second kappa shape index (κ2) is 9.38. The highest BCUT2D eigenvalue weighted by Crippen LogP contribution is 2.38. The first-order valence-electron chi connectivity index (χ1n) is 10.7. The minimum absolute atomic E-state index is 0.145. The largest absolute Gasteiger partial charge is 0.360 e. The van der Waals surface area contributed by atoms with Gasteiger partial charge in [-0.15, -0.1) is 16.3 Å². The number of amides is 2. The lowest BCUT2D eigenvalue weighted by atomic mass is 10.0. The molecule has 1 aliphatic rings. The quantitative estimate of drug-likeness (QED) is 0.337. The van der Waals surface area contributed by atoms with Crippen LogP contribution in [0.1, 0.15) is 40.2 Å². The van der Waals surface area contributed by atoms with Gasteiger partial charge in [0.05, 0.1) is 10.6 Å². The van der Waals surface area contributed by atoms with Gasteiger partial charge in [0.15, 0.2) is 5.11 Å². The summed E-state index contributed by atoms with van der Waals surface area (Å²) in [4.78, 5) is 37.2. The van der Waals surface area contributed by atoms with Crippen molar-refractivity contribution < 1.29 is 9.59 Å². The van der Waals surface area contributed by atoms with Crippen LogP contribution in [-0.4, -0.2) is 27.4 Å². The Morgan fingerprint density at radius 2 is 1.97 bits per heavy atom. The van der Waals surface area contributed by atoms with Crippen molar-refractivity contribution in [2.45, 2.75) is 39.8 Å². The molecule has 0 aliphatic carbocycles. The van der Waals surface area contributed by atoms with Crippen molar-refractivity contribution in [2.24, 2.45) is 0 Å². The molecule has 1 aliphatic heterocycles. The molecular formula is C25H22ClN5O2S2. The van der Waals surface area contributed by atoms with Crippen molar-refractivity contribution in [3.05, 3.63) is 79.9 Å². The molecule has 1 N–H and O–H groups in total. The number of rotatable bonds is 5. The molecule has 2 amide bonds. The Labute approximate surface area is 218 Å². The van der Waals surface area contributed by atoms with Crippen molar-refractivity contribution in [3.63, 3.8) is 0 Å². The predicted molar refractivity (Wildman–Crippen MR) is 144 cm³/mol. The molecule has 4 rings (SSSR count). The molecule has 35 heavy (non-hydrogen) atoms. The van der Waals surface area contributed by atoms with Crippen molar-refractivity contribution in [1.82, 2.24) is 10.3 Å². The molecule has 0 radical (unpaired) electrons. The number of aromatic nitrogens is 1. The van der Waals surface area contributed by atoms with E-state index >= 15 is 0 Å². The number of thiocarbonyl (C=S) groups is 1. The molecule has 0 unspecified atom stereocenters. The van der Waals surface area contributed by atoms with Crippen LogP contribution in [0, 0.1) is 20.4 Å².